The third-order valence-electron chi connectivity index (χ3n) is 4.73. The number of anilines is 1. The minimum Gasteiger partial charge on any atom is -0.490 e. The molecular formula is C27H35NO6. The summed E-state index contributed by atoms with van der Waals surface area (Å²) in [4.78, 5) is 23.0. The monoisotopic (exact) mass is 469 g/mol. The Kier molecular flexibility index (Phi) is 12.3. The highest BCUT2D eigenvalue weighted by atomic mass is 16.6. The Morgan fingerprint density at radius 2 is 1.68 bits per heavy atom. The Balaban J connectivity index is 1.95. The summed E-state index contributed by atoms with van der Waals surface area (Å²) in [5.74, 6) is 0.783. The summed E-state index contributed by atoms with van der Waals surface area (Å²) in [5, 5.41) is 2.76. The standard InChI is InChI=1S/C27H35NO6/c1-4-6-16-32-26-20-23(10-14-27(30)34-19-18-31-5-2)9-13-25(26)33-17-15-22-7-11-24(12-8-22)28-21(3)29/h7-14,20H,4-6,15-19H2,1-3H3,(H,28,29)/b14-10-. The summed E-state index contributed by atoms with van der Waals surface area (Å²) in [6, 6.07) is 13.3. The van der Waals surface area contributed by atoms with Gasteiger partial charge in [0, 0.05) is 31.7 Å². The number of carbonyl (C=O) groups is 2. The fourth-order valence-corrected chi connectivity index (χ4v) is 2.98. The number of unbranched alkanes of at least 4 members (excludes halogenated alkanes) is 1. The van der Waals surface area contributed by atoms with Crippen LogP contribution in [0.4, 0.5) is 5.69 Å². The van der Waals surface area contributed by atoms with Crippen LogP contribution in [0.2, 0.25) is 0 Å². The Bertz CT molecular complexity index is 923. The maximum absolute atomic E-state index is 11.9. The number of nitrogens with one attached hydrogen (secondary N) is 1. The molecule has 0 bridgehead atoms. The molecule has 0 saturated carbocycles. The van der Waals surface area contributed by atoms with Gasteiger partial charge < -0.3 is 24.3 Å². The summed E-state index contributed by atoms with van der Waals surface area (Å²) in [7, 11) is 0. The lowest BCUT2D eigenvalue weighted by atomic mass is 10.1. The van der Waals surface area contributed by atoms with Gasteiger partial charge in [-0.1, -0.05) is 31.5 Å². The molecule has 2 rings (SSSR count). The number of carbonyl (C=O) groups excluding carboxylic acids is 2. The molecule has 0 spiro atoms. The summed E-state index contributed by atoms with van der Waals surface area (Å²) in [5.41, 5.74) is 2.68. The van der Waals surface area contributed by atoms with Crippen LogP contribution in [0.1, 0.15) is 44.7 Å². The first kappa shape index (κ1) is 26.9. The van der Waals surface area contributed by atoms with Gasteiger partial charge in [0.2, 0.25) is 5.91 Å². The Morgan fingerprint density at radius 1 is 0.912 bits per heavy atom. The maximum atomic E-state index is 11.9. The smallest absolute Gasteiger partial charge is 0.330 e. The number of rotatable bonds is 15. The molecule has 7 nitrogen and oxygen atoms in total. The highest BCUT2D eigenvalue weighted by Crippen LogP contribution is 2.29. The van der Waals surface area contributed by atoms with Crippen molar-refractivity contribution in [3.05, 3.63) is 59.7 Å². The van der Waals surface area contributed by atoms with Crippen LogP contribution in [-0.4, -0.2) is 44.9 Å². The van der Waals surface area contributed by atoms with E-state index in [1.54, 1.807) is 6.08 Å². The molecule has 2 aromatic carbocycles. The molecule has 0 heterocycles. The highest BCUT2D eigenvalue weighted by molar-refractivity contribution is 5.88. The predicted molar refractivity (Wildman–Crippen MR) is 133 cm³/mol. The molecule has 0 aliphatic heterocycles. The zero-order valence-corrected chi connectivity index (χ0v) is 20.3. The fourth-order valence-electron chi connectivity index (χ4n) is 2.98. The third-order valence-corrected chi connectivity index (χ3v) is 4.73. The predicted octanol–water partition coefficient (Wildman–Crippen LogP) is 5.04. The molecule has 0 aromatic heterocycles. The van der Waals surface area contributed by atoms with Crippen LogP contribution in [0.25, 0.3) is 6.08 Å². The minimum absolute atomic E-state index is 0.0940. The average Bonchev–Trinajstić information content (AvgIpc) is 2.82. The van der Waals surface area contributed by atoms with Crippen molar-refractivity contribution < 1.29 is 28.5 Å². The van der Waals surface area contributed by atoms with Gasteiger partial charge in [0.25, 0.3) is 0 Å². The van der Waals surface area contributed by atoms with Crippen molar-refractivity contribution in [1.82, 2.24) is 0 Å². The van der Waals surface area contributed by atoms with Gasteiger partial charge in [0.05, 0.1) is 19.8 Å². The van der Waals surface area contributed by atoms with Gasteiger partial charge in [-0.15, -0.1) is 0 Å². The van der Waals surface area contributed by atoms with E-state index < -0.39 is 5.97 Å². The van der Waals surface area contributed by atoms with Crippen molar-refractivity contribution in [3.63, 3.8) is 0 Å². The van der Waals surface area contributed by atoms with Gasteiger partial charge in [-0.05, 0) is 54.8 Å². The van der Waals surface area contributed by atoms with Crippen LogP contribution in [-0.2, 0) is 25.5 Å². The van der Waals surface area contributed by atoms with E-state index in [0.717, 1.165) is 29.7 Å². The fraction of sp³-hybridized carbons (Fsp3) is 0.407. The zero-order chi connectivity index (χ0) is 24.6. The zero-order valence-electron chi connectivity index (χ0n) is 20.3. The van der Waals surface area contributed by atoms with E-state index in [9.17, 15) is 9.59 Å². The van der Waals surface area contributed by atoms with E-state index in [1.807, 2.05) is 49.4 Å². The van der Waals surface area contributed by atoms with Crippen LogP contribution in [0.3, 0.4) is 0 Å². The van der Waals surface area contributed by atoms with Gasteiger partial charge in [0.1, 0.15) is 6.61 Å². The van der Waals surface area contributed by atoms with Crippen LogP contribution < -0.4 is 14.8 Å². The lowest BCUT2D eigenvalue weighted by Gasteiger charge is -2.14. The molecule has 0 radical (unpaired) electrons. The second kappa shape index (κ2) is 15.5. The molecule has 1 N–H and O–H groups in total. The topological polar surface area (TPSA) is 83.1 Å². The Labute approximate surface area is 202 Å². The normalized spacial score (nSPS) is 10.8. The minimum atomic E-state index is -0.419. The van der Waals surface area contributed by atoms with Crippen molar-refractivity contribution in [2.45, 2.75) is 40.0 Å². The van der Waals surface area contributed by atoms with Crippen LogP contribution >= 0.6 is 0 Å². The van der Waals surface area contributed by atoms with E-state index in [0.29, 0.717) is 44.3 Å². The molecule has 34 heavy (non-hydrogen) atoms. The quantitative estimate of drug-likeness (QED) is 0.224. The molecule has 0 unspecified atom stereocenters. The van der Waals surface area contributed by atoms with Gasteiger partial charge in [0.15, 0.2) is 11.5 Å². The molecule has 7 heteroatoms. The summed E-state index contributed by atoms with van der Waals surface area (Å²) >= 11 is 0. The van der Waals surface area contributed by atoms with Crippen molar-refractivity contribution in [2.75, 3.05) is 38.4 Å². The number of hydrogen-bond donors (Lipinski definition) is 1. The van der Waals surface area contributed by atoms with Crippen LogP contribution in [0.15, 0.2) is 48.5 Å². The van der Waals surface area contributed by atoms with E-state index in [1.165, 1.54) is 13.0 Å². The summed E-state index contributed by atoms with van der Waals surface area (Å²) in [6.45, 7) is 7.75. The molecule has 0 saturated heterocycles. The van der Waals surface area contributed by atoms with E-state index in [-0.39, 0.29) is 12.5 Å². The molecular weight excluding hydrogens is 434 g/mol. The maximum Gasteiger partial charge on any atom is 0.330 e. The lowest BCUT2D eigenvalue weighted by molar-refractivity contribution is -0.139. The SMILES string of the molecule is CCCCOc1cc(/C=C\C(=O)OCCOCC)ccc1OCCc1ccc(NC(C)=O)cc1. The summed E-state index contributed by atoms with van der Waals surface area (Å²) < 4.78 is 22.2. The van der Waals surface area contributed by atoms with Gasteiger partial charge in [-0.2, -0.15) is 0 Å². The highest BCUT2D eigenvalue weighted by Gasteiger charge is 2.07. The second-order valence-corrected chi connectivity index (χ2v) is 7.58. The second-order valence-electron chi connectivity index (χ2n) is 7.58. The number of hydrogen-bond acceptors (Lipinski definition) is 6. The van der Waals surface area contributed by atoms with E-state index >= 15 is 0 Å². The average molecular weight is 470 g/mol. The molecule has 1 amide bonds. The number of esters is 1. The third kappa shape index (κ3) is 10.5. The Hall–Kier alpha value is -3.32. The first-order valence-electron chi connectivity index (χ1n) is 11.7. The van der Waals surface area contributed by atoms with Crippen molar-refractivity contribution >= 4 is 23.6 Å². The first-order valence-corrected chi connectivity index (χ1v) is 11.7. The number of ether oxygens (including phenoxy) is 4. The van der Waals surface area contributed by atoms with Gasteiger partial charge in [-0.3, -0.25) is 4.79 Å². The largest absolute Gasteiger partial charge is 0.490 e. The van der Waals surface area contributed by atoms with Gasteiger partial charge >= 0.3 is 5.97 Å². The van der Waals surface area contributed by atoms with E-state index in [2.05, 4.69) is 12.2 Å². The summed E-state index contributed by atoms with van der Waals surface area (Å²) in [6.07, 6.45) is 5.76. The van der Waals surface area contributed by atoms with Crippen LogP contribution in [0, 0.1) is 0 Å². The lowest BCUT2D eigenvalue weighted by Crippen LogP contribution is -2.08. The van der Waals surface area contributed by atoms with Crippen molar-refractivity contribution in [1.29, 1.82) is 0 Å². The molecule has 0 fully saturated rings. The molecule has 184 valence electrons. The number of amides is 1. The number of benzene rings is 2. The molecule has 2 aromatic rings. The van der Waals surface area contributed by atoms with Gasteiger partial charge in [-0.25, -0.2) is 4.79 Å². The first-order chi connectivity index (χ1) is 16.5. The molecule has 0 aliphatic carbocycles. The van der Waals surface area contributed by atoms with Crippen LogP contribution in [0.5, 0.6) is 11.5 Å². The Morgan fingerprint density at radius 3 is 2.38 bits per heavy atom. The van der Waals surface area contributed by atoms with E-state index in [4.69, 9.17) is 18.9 Å². The van der Waals surface area contributed by atoms with Crippen molar-refractivity contribution in [2.24, 2.45) is 0 Å². The molecule has 0 aliphatic rings. The van der Waals surface area contributed by atoms with Crippen molar-refractivity contribution in [3.8, 4) is 11.5 Å². The molecule has 0 atom stereocenters.